The molecule has 0 atom stereocenters. The Bertz CT molecular complexity index is 2150. The van der Waals surface area contributed by atoms with Gasteiger partial charge < -0.3 is 64.6 Å². The van der Waals surface area contributed by atoms with E-state index < -0.39 is 0 Å². The topological polar surface area (TPSA) is 329 Å². The van der Waals surface area contributed by atoms with E-state index in [4.69, 9.17) is 44.6 Å². The van der Waals surface area contributed by atoms with Gasteiger partial charge in [0.25, 0.3) is 0 Å². The third-order valence-electron chi connectivity index (χ3n) is 9.86. The normalized spacial score (nSPS) is 10.9. The first kappa shape index (κ1) is 43.9. The standard InChI is InChI=1S/C42H58N12O4/c1-3-28-13-25(5-9-52-40(45)46)15-30(36(28)56)21-32-17-27(7-11-54-42(49)50)19-34(38(32)58)22-33-18-26(6-10-53-41(47)48)16-31(37(33)57)20-29-14-24(4-8-51-39(43)44)12-23(2)35(29)55/h12-19,55-58H,3-11,20-22H2,1-2H3,(H4,43,44,51)(H4,45,46,52)(H4,47,48,53)(H4,49,50,54). The number of phenolic OH excluding ortho intramolecular Hbond substituents is 4. The van der Waals surface area contributed by atoms with E-state index in [0.29, 0.717) is 97.2 Å². The SMILES string of the molecule is CCc1cc(CCNC(=N)N)cc(Cc2cc(CCNC(=N)N)cc(Cc3cc(CCNC(=N)N)cc(Cc4cc(CCNC(=N)N)cc(C)c4O)c3O)c2O)c1O. The molecule has 4 aromatic rings. The van der Waals surface area contributed by atoms with Crippen molar-refractivity contribution in [3.63, 3.8) is 0 Å². The monoisotopic (exact) mass is 794 g/mol. The second kappa shape index (κ2) is 20.4. The summed E-state index contributed by atoms with van der Waals surface area (Å²) in [6.07, 6.45) is 3.15. The van der Waals surface area contributed by atoms with Crippen LogP contribution < -0.4 is 44.2 Å². The minimum atomic E-state index is -0.167. The minimum Gasteiger partial charge on any atom is -0.507 e. The molecule has 0 radical (unpaired) electrons. The van der Waals surface area contributed by atoms with Crippen LogP contribution in [0.3, 0.4) is 0 Å². The summed E-state index contributed by atoms with van der Waals surface area (Å²) in [6.45, 7) is 5.36. The Balaban J connectivity index is 1.79. The molecule has 0 heterocycles. The number of phenols is 4. The Morgan fingerprint density at radius 1 is 0.431 bits per heavy atom. The van der Waals surface area contributed by atoms with Gasteiger partial charge in [-0.1, -0.05) is 55.5 Å². The van der Waals surface area contributed by atoms with Gasteiger partial charge in [-0.3, -0.25) is 21.6 Å². The van der Waals surface area contributed by atoms with Crippen LogP contribution in [0.5, 0.6) is 23.0 Å². The molecule has 0 fully saturated rings. The molecule has 0 amide bonds. The predicted molar refractivity (Wildman–Crippen MR) is 229 cm³/mol. The van der Waals surface area contributed by atoms with Gasteiger partial charge in [0.05, 0.1) is 0 Å². The Morgan fingerprint density at radius 3 is 0.948 bits per heavy atom. The van der Waals surface area contributed by atoms with E-state index in [9.17, 15) is 20.4 Å². The van der Waals surface area contributed by atoms with E-state index >= 15 is 0 Å². The van der Waals surface area contributed by atoms with Gasteiger partial charge in [0.15, 0.2) is 23.8 Å². The zero-order valence-corrected chi connectivity index (χ0v) is 33.2. The fourth-order valence-electron chi connectivity index (χ4n) is 7.07. The molecule has 0 aliphatic heterocycles. The van der Waals surface area contributed by atoms with Crippen LogP contribution in [0, 0.1) is 28.6 Å². The van der Waals surface area contributed by atoms with E-state index in [2.05, 4.69) is 21.3 Å². The van der Waals surface area contributed by atoms with Crippen molar-refractivity contribution >= 4 is 23.8 Å². The van der Waals surface area contributed by atoms with Crippen molar-refractivity contribution in [3.8, 4) is 23.0 Å². The lowest BCUT2D eigenvalue weighted by Gasteiger charge is -2.19. The second-order valence-electron chi connectivity index (χ2n) is 14.5. The van der Waals surface area contributed by atoms with Crippen LogP contribution >= 0.6 is 0 Å². The Hall–Kier alpha value is -6.84. The quantitative estimate of drug-likeness (QED) is 0.0480. The number of hydrogen-bond donors (Lipinski definition) is 16. The maximum atomic E-state index is 11.9. The van der Waals surface area contributed by atoms with E-state index in [0.717, 1.165) is 27.8 Å². The first-order chi connectivity index (χ1) is 27.5. The first-order valence-corrected chi connectivity index (χ1v) is 19.2. The van der Waals surface area contributed by atoms with E-state index in [-0.39, 0.29) is 66.1 Å². The summed E-state index contributed by atoms with van der Waals surface area (Å²) in [7, 11) is 0. The lowest BCUT2D eigenvalue weighted by molar-refractivity contribution is 0.452. The lowest BCUT2D eigenvalue weighted by Crippen LogP contribution is -2.31. The average molecular weight is 795 g/mol. The van der Waals surface area contributed by atoms with E-state index in [1.165, 1.54) is 0 Å². The molecule has 4 rings (SSSR count). The van der Waals surface area contributed by atoms with Gasteiger partial charge in [-0.2, -0.15) is 0 Å². The molecule has 4 aromatic carbocycles. The van der Waals surface area contributed by atoms with Gasteiger partial charge in [-0.25, -0.2) is 0 Å². The van der Waals surface area contributed by atoms with Crippen molar-refractivity contribution in [1.29, 1.82) is 21.6 Å². The first-order valence-electron chi connectivity index (χ1n) is 19.2. The lowest BCUT2D eigenvalue weighted by atomic mass is 9.89. The van der Waals surface area contributed by atoms with E-state index in [1.54, 1.807) is 6.92 Å². The maximum absolute atomic E-state index is 11.9. The fraction of sp³-hybridized carbons (Fsp3) is 0.333. The molecular formula is C42H58N12O4. The van der Waals surface area contributed by atoms with Gasteiger partial charge in [-0.15, -0.1) is 0 Å². The Morgan fingerprint density at radius 2 is 0.672 bits per heavy atom. The molecule has 16 nitrogen and oxygen atoms in total. The molecule has 0 bridgehead atoms. The molecule has 16 heteroatoms. The predicted octanol–water partition coefficient (Wildman–Crippen LogP) is 2.25. The third kappa shape index (κ3) is 12.6. The number of nitrogens with two attached hydrogens (primary N) is 4. The van der Waals surface area contributed by atoms with Crippen LogP contribution in [0.2, 0.25) is 0 Å². The number of hydrogen-bond acceptors (Lipinski definition) is 8. The highest BCUT2D eigenvalue weighted by molar-refractivity contribution is 5.75. The van der Waals surface area contributed by atoms with Crippen molar-refractivity contribution in [2.24, 2.45) is 22.9 Å². The van der Waals surface area contributed by atoms with Crippen molar-refractivity contribution in [1.82, 2.24) is 21.3 Å². The Labute approximate surface area is 339 Å². The van der Waals surface area contributed by atoms with Gasteiger partial charge in [-0.05, 0) is 106 Å². The highest BCUT2D eigenvalue weighted by Crippen LogP contribution is 2.37. The molecule has 310 valence electrons. The average Bonchev–Trinajstić information content (AvgIpc) is 3.14. The second-order valence-corrected chi connectivity index (χ2v) is 14.5. The number of nitrogens with one attached hydrogen (secondary N) is 8. The zero-order valence-electron chi connectivity index (χ0n) is 33.2. The van der Waals surface area contributed by atoms with Crippen molar-refractivity contribution in [2.75, 3.05) is 26.2 Å². The highest BCUT2D eigenvalue weighted by Gasteiger charge is 2.20. The van der Waals surface area contributed by atoms with Crippen LogP contribution in [0.4, 0.5) is 0 Å². The summed E-state index contributed by atoms with van der Waals surface area (Å²) in [5.74, 6) is -0.330. The molecular weight excluding hydrogens is 737 g/mol. The summed E-state index contributed by atoms with van der Waals surface area (Å²) in [6, 6.07) is 15.0. The maximum Gasteiger partial charge on any atom is 0.185 e. The van der Waals surface area contributed by atoms with Crippen molar-refractivity contribution in [3.05, 3.63) is 115 Å². The van der Waals surface area contributed by atoms with Crippen LogP contribution in [0.25, 0.3) is 0 Å². The molecule has 0 aliphatic carbocycles. The zero-order chi connectivity index (χ0) is 42.5. The van der Waals surface area contributed by atoms with Crippen LogP contribution in [-0.4, -0.2) is 70.4 Å². The number of benzene rings is 4. The minimum absolute atomic E-state index is 0.00526. The summed E-state index contributed by atoms with van der Waals surface area (Å²) >= 11 is 0. The van der Waals surface area contributed by atoms with Gasteiger partial charge in [0, 0.05) is 45.4 Å². The van der Waals surface area contributed by atoms with Gasteiger partial charge in [0.2, 0.25) is 0 Å². The van der Waals surface area contributed by atoms with Crippen LogP contribution in [0.15, 0.2) is 48.5 Å². The van der Waals surface area contributed by atoms with Crippen LogP contribution in [0.1, 0.15) is 73.7 Å². The van der Waals surface area contributed by atoms with Gasteiger partial charge in [0.1, 0.15) is 23.0 Å². The smallest absolute Gasteiger partial charge is 0.185 e. The number of aromatic hydroxyl groups is 4. The third-order valence-corrected chi connectivity index (χ3v) is 9.86. The summed E-state index contributed by atoms with van der Waals surface area (Å²) in [5, 5.41) is 87.7. The van der Waals surface area contributed by atoms with Crippen molar-refractivity contribution in [2.45, 2.75) is 65.2 Å². The van der Waals surface area contributed by atoms with Crippen LogP contribution in [-0.2, 0) is 51.4 Å². The summed E-state index contributed by atoms with van der Waals surface area (Å²) < 4.78 is 0. The molecule has 0 spiro atoms. The fourth-order valence-corrected chi connectivity index (χ4v) is 7.07. The molecule has 0 unspecified atom stereocenters. The molecule has 0 saturated heterocycles. The molecule has 20 N–H and O–H groups in total. The largest absolute Gasteiger partial charge is 0.507 e. The van der Waals surface area contributed by atoms with Crippen molar-refractivity contribution < 1.29 is 20.4 Å². The molecule has 0 saturated carbocycles. The molecule has 0 aromatic heterocycles. The number of rotatable bonds is 19. The van der Waals surface area contributed by atoms with Gasteiger partial charge >= 0.3 is 0 Å². The molecule has 58 heavy (non-hydrogen) atoms. The summed E-state index contributed by atoms with van der Waals surface area (Å²) in [4.78, 5) is 0. The highest BCUT2D eigenvalue weighted by atomic mass is 16.3. The number of aryl methyl sites for hydroxylation is 2. The summed E-state index contributed by atoms with van der Waals surface area (Å²) in [5.41, 5.74) is 30.4. The Kier molecular flexibility index (Phi) is 15.4. The number of guanidine groups is 4. The molecule has 0 aliphatic rings. The van der Waals surface area contributed by atoms with E-state index in [1.807, 2.05) is 55.5 Å².